The summed E-state index contributed by atoms with van der Waals surface area (Å²) in [7, 11) is 0. The number of nitrogens with zero attached hydrogens (tertiary/aromatic N) is 2. The number of hydrogen-bond donors (Lipinski definition) is 1. The fraction of sp³-hybridized carbons (Fsp3) is 0.368. The zero-order valence-corrected chi connectivity index (χ0v) is 14.5. The first-order chi connectivity index (χ1) is 11.6. The largest absolute Gasteiger partial charge is 0.478 e. The molecule has 1 aliphatic carbocycles. The van der Waals surface area contributed by atoms with Crippen LogP contribution in [-0.2, 0) is 0 Å². The molecule has 1 N–H and O–H groups in total. The van der Waals surface area contributed by atoms with E-state index in [-0.39, 0.29) is 0 Å². The number of benzene rings is 1. The first kappa shape index (κ1) is 15.4. The predicted molar refractivity (Wildman–Crippen MR) is 96.9 cm³/mol. The van der Waals surface area contributed by atoms with E-state index in [1.165, 1.54) is 43.2 Å². The van der Waals surface area contributed by atoms with Crippen molar-refractivity contribution in [3.63, 3.8) is 0 Å². The summed E-state index contributed by atoms with van der Waals surface area (Å²) < 4.78 is 2.36. The highest BCUT2D eigenvalue weighted by Crippen LogP contribution is 2.37. The molecule has 2 aromatic heterocycles. The van der Waals surface area contributed by atoms with Crippen LogP contribution in [0.1, 0.15) is 54.1 Å². The molecule has 0 atom stereocenters. The van der Waals surface area contributed by atoms with Gasteiger partial charge in [-0.1, -0.05) is 19.3 Å². The summed E-state index contributed by atoms with van der Waals surface area (Å²) >= 11 is 1.69. The van der Waals surface area contributed by atoms with E-state index in [4.69, 9.17) is 4.98 Å². The Morgan fingerprint density at radius 1 is 1.25 bits per heavy atom. The van der Waals surface area contributed by atoms with Crippen molar-refractivity contribution in [2.24, 2.45) is 0 Å². The van der Waals surface area contributed by atoms with Crippen LogP contribution < -0.4 is 0 Å². The smallest absolute Gasteiger partial charge is 0.335 e. The van der Waals surface area contributed by atoms with Gasteiger partial charge in [0.25, 0.3) is 0 Å². The van der Waals surface area contributed by atoms with Crippen molar-refractivity contribution in [1.29, 1.82) is 0 Å². The van der Waals surface area contributed by atoms with Crippen LogP contribution in [0.5, 0.6) is 0 Å². The number of aromatic carboxylic acids is 1. The fourth-order valence-corrected chi connectivity index (χ4v) is 4.55. The van der Waals surface area contributed by atoms with Gasteiger partial charge in [-0.25, -0.2) is 9.78 Å². The molecular weight excluding hydrogens is 320 g/mol. The Balaban J connectivity index is 1.94. The molecule has 4 rings (SSSR count). The van der Waals surface area contributed by atoms with E-state index in [0.717, 1.165) is 16.9 Å². The average Bonchev–Trinajstić information content (AvgIpc) is 3.17. The number of fused-ring (bicyclic) bond motifs is 1. The monoisotopic (exact) mass is 340 g/mol. The van der Waals surface area contributed by atoms with Crippen molar-refractivity contribution in [2.75, 3.05) is 0 Å². The third-order valence-electron chi connectivity index (χ3n) is 4.97. The Kier molecular flexibility index (Phi) is 3.88. The van der Waals surface area contributed by atoms with Gasteiger partial charge in [0.15, 0.2) is 0 Å². The Morgan fingerprint density at radius 2 is 2.04 bits per heavy atom. The van der Waals surface area contributed by atoms with Gasteiger partial charge < -0.3 is 9.67 Å². The van der Waals surface area contributed by atoms with Crippen molar-refractivity contribution < 1.29 is 9.90 Å². The molecule has 1 fully saturated rings. The molecule has 2 heterocycles. The van der Waals surface area contributed by atoms with Gasteiger partial charge in [0, 0.05) is 17.0 Å². The van der Waals surface area contributed by atoms with Crippen LogP contribution in [0.2, 0.25) is 0 Å². The summed E-state index contributed by atoms with van der Waals surface area (Å²) in [5.41, 5.74) is 4.52. The van der Waals surface area contributed by atoms with Crippen molar-refractivity contribution in [2.45, 2.75) is 45.1 Å². The lowest BCUT2D eigenvalue weighted by molar-refractivity contribution is 0.0697. The highest BCUT2D eigenvalue weighted by atomic mass is 32.1. The maximum Gasteiger partial charge on any atom is 0.335 e. The molecule has 0 amide bonds. The number of rotatable bonds is 3. The van der Waals surface area contributed by atoms with Crippen LogP contribution in [0.15, 0.2) is 29.0 Å². The molecule has 0 unspecified atom stereocenters. The van der Waals surface area contributed by atoms with Crippen LogP contribution in [0.4, 0.5) is 0 Å². The number of carbonyl (C=O) groups is 1. The van der Waals surface area contributed by atoms with Crippen molar-refractivity contribution in [3.8, 4) is 11.4 Å². The highest BCUT2D eigenvalue weighted by molar-refractivity contribution is 7.08. The Morgan fingerprint density at radius 3 is 2.71 bits per heavy atom. The highest BCUT2D eigenvalue weighted by Gasteiger charge is 2.23. The number of hydrogen-bond acceptors (Lipinski definition) is 3. The first-order valence-corrected chi connectivity index (χ1v) is 9.38. The summed E-state index contributed by atoms with van der Waals surface area (Å²) in [6, 6.07) is 5.76. The third-order valence-corrected chi connectivity index (χ3v) is 5.83. The first-order valence-electron chi connectivity index (χ1n) is 8.43. The number of carboxylic acids is 1. The average molecular weight is 340 g/mol. The van der Waals surface area contributed by atoms with Gasteiger partial charge in [0.05, 0.1) is 16.6 Å². The topological polar surface area (TPSA) is 55.1 Å². The lowest BCUT2D eigenvalue weighted by Crippen LogP contribution is -2.14. The second-order valence-electron chi connectivity index (χ2n) is 6.57. The van der Waals surface area contributed by atoms with Gasteiger partial charge in [-0.3, -0.25) is 0 Å². The van der Waals surface area contributed by atoms with Gasteiger partial charge in [-0.05, 0) is 48.9 Å². The molecule has 24 heavy (non-hydrogen) atoms. The molecule has 1 saturated carbocycles. The standard InChI is InChI=1S/C19H20N2O2S/c1-12-10-24-11-15(12)18-20-16-9-13(19(22)23)7-8-17(16)21(18)14-5-3-2-4-6-14/h7-11,14H,2-6H2,1H3,(H,22,23). The summed E-state index contributed by atoms with van der Waals surface area (Å²) in [5, 5.41) is 13.6. The Bertz CT molecular complexity index is 903. The molecule has 0 saturated heterocycles. The van der Waals surface area contributed by atoms with E-state index in [1.54, 1.807) is 23.5 Å². The molecule has 0 spiro atoms. The van der Waals surface area contributed by atoms with Crippen LogP contribution >= 0.6 is 11.3 Å². The molecule has 1 aromatic carbocycles. The normalized spacial score (nSPS) is 15.9. The maximum atomic E-state index is 11.3. The van der Waals surface area contributed by atoms with Crippen LogP contribution in [0, 0.1) is 6.92 Å². The predicted octanol–water partition coefficient (Wildman–Crippen LogP) is 5.28. The van der Waals surface area contributed by atoms with Gasteiger partial charge in [-0.2, -0.15) is 11.3 Å². The van der Waals surface area contributed by atoms with Crippen LogP contribution in [-0.4, -0.2) is 20.6 Å². The van der Waals surface area contributed by atoms with E-state index in [1.807, 2.05) is 6.07 Å². The quantitative estimate of drug-likeness (QED) is 0.706. The van der Waals surface area contributed by atoms with Gasteiger partial charge in [-0.15, -0.1) is 0 Å². The minimum absolute atomic E-state index is 0.296. The van der Waals surface area contributed by atoms with E-state index in [2.05, 4.69) is 22.3 Å². The van der Waals surface area contributed by atoms with E-state index >= 15 is 0 Å². The second-order valence-corrected chi connectivity index (χ2v) is 7.32. The van der Waals surface area contributed by atoms with Crippen molar-refractivity contribution >= 4 is 28.3 Å². The van der Waals surface area contributed by atoms with Crippen LogP contribution in [0.25, 0.3) is 22.4 Å². The number of aromatic nitrogens is 2. The van der Waals surface area contributed by atoms with Gasteiger partial charge in [0.1, 0.15) is 5.82 Å². The molecular formula is C19H20N2O2S. The SMILES string of the molecule is Cc1cscc1-c1nc2cc(C(=O)O)ccc2n1C1CCCCC1. The summed E-state index contributed by atoms with van der Waals surface area (Å²) in [6.07, 6.45) is 6.14. The summed E-state index contributed by atoms with van der Waals surface area (Å²) in [4.78, 5) is 16.1. The molecule has 124 valence electrons. The second kappa shape index (κ2) is 6.06. The molecule has 0 aliphatic heterocycles. The number of thiophene rings is 1. The van der Waals surface area contributed by atoms with Crippen molar-refractivity contribution in [1.82, 2.24) is 9.55 Å². The van der Waals surface area contributed by atoms with E-state index in [9.17, 15) is 9.90 Å². The molecule has 5 heteroatoms. The number of aryl methyl sites for hydroxylation is 1. The third kappa shape index (κ3) is 2.53. The molecule has 0 radical (unpaired) electrons. The number of carboxylic acid groups (broad SMARTS) is 1. The molecule has 4 nitrogen and oxygen atoms in total. The Labute approximate surface area is 144 Å². The number of imidazole rings is 1. The molecule has 3 aromatic rings. The molecule has 0 bridgehead atoms. The van der Waals surface area contributed by atoms with Gasteiger partial charge in [0.2, 0.25) is 0 Å². The summed E-state index contributed by atoms with van der Waals surface area (Å²) in [5.74, 6) is 0.0792. The van der Waals surface area contributed by atoms with Crippen LogP contribution in [0.3, 0.4) is 0 Å². The minimum Gasteiger partial charge on any atom is -0.478 e. The maximum absolute atomic E-state index is 11.3. The lowest BCUT2D eigenvalue weighted by atomic mass is 9.95. The fourth-order valence-electron chi connectivity index (χ4n) is 3.72. The van der Waals surface area contributed by atoms with E-state index in [0.29, 0.717) is 11.6 Å². The zero-order chi connectivity index (χ0) is 16.7. The lowest BCUT2D eigenvalue weighted by Gasteiger charge is -2.25. The van der Waals surface area contributed by atoms with E-state index < -0.39 is 5.97 Å². The van der Waals surface area contributed by atoms with Crippen molar-refractivity contribution in [3.05, 3.63) is 40.1 Å². The zero-order valence-electron chi connectivity index (χ0n) is 13.7. The van der Waals surface area contributed by atoms with Gasteiger partial charge >= 0.3 is 5.97 Å². The Hall–Kier alpha value is -2.14. The minimum atomic E-state index is -0.905. The summed E-state index contributed by atoms with van der Waals surface area (Å²) in [6.45, 7) is 2.11. The molecule has 1 aliphatic rings.